The Hall–Kier alpha value is -1.55. The number of nitrogens with one attached hydrogen (secondary N) is 1. The zero-order chi connectivity index (χ0) is 13.8. The largest absolute Gasteiger partial charge is 0.505 e. The molecule has 0 aliphatic heterocycles. The Balaban J connectivity index is 2.18. The number of hydrogen-bond donors (Lipinski definition) is 2. The van der Waals surface area contributed by atoms with Crippen molar-refractivity contribution in [1.82, 2.24) is 0 Å². The lowest BCUT2D eigenvalue weighted by atomic mass is 10.0. The molecule has 0 spiro atoms. The van der Waals surface area contributed by atoms with Crippen molar-refractivity contribution in [2.75, 3.05) is 5.32 Å². The Morgan fingerprint density at radius 2 is 1.89 bits per heavy atom. The van der Waals surface area contributed by atoms with E-state index in [9.17, 15) is 9.50 Å². The fourth-order valence-corrected chi connectivity index (χ4v) is 2.18. The van der Waals surface area contributed by atoms with E-state index in [2.05, 4.69) is 28.2 Å². The molecule has 2 aromatic rings. The molecule has 0 fully saturated rings. The van der Waals surface area contributed by atoms with Crippen molar-refractivity contribution in [1.29, 1.82) is 0 Å². The summed E-state index contributed by atoms with van der Waals surface area (Å²) in [5.74, 6) is -0.946. The standard InChI is InChI=1S/C15H15BrFNO/c1-2-14(10-3-5-11(16)6-4-10)18-12-7-8-15(19)13(17)9-12/h3-9,14,18-19H,2H2,1H3. The molecule has 2 aromatic carbocycles. The van der Waals surface area contributed by atoms with Crippen LogP contribution in [-0.2, 0) is 0 Å². The maximum Gasteiger partial charge on any atom is 0.166 e. The molecule has 4 heteroatoms. The first-order valence-electron chi connectivity index (χ1n) is 6.10. The van der Waals surface area contributed by atoms with Crippen LogP contribution < -0.4 is 5.32 Å². The van der Waals surface area contributed by atoms with Gasteiger partial charge in [0.2, 0.25) is 0 Å². The van der Waals surface area contributed by atoms with E-state index in [1.807, 2.05) is 24.3 Å². The second kappa shape index (κ2) is 6.06. The zero-order valence-electron chi connectivity index (χ0n) is 10.5. The Morgan fingerprint density at radius 3 is 2.47 bits per heavy atom. The monoisotopic (exact) mass is 323 g/mol. The first kappa shape index (κ1) is 13.9. The minimum absolute atomic E-state index is 0.108. The van der Waals surface area contributed by atoms with Gasteiger partial charge in [0.15, 0.2) is 11.6 Å². The Kier molecular flexibility index (Phi) is 4.43. The van der Waals surface area contributed by atoms with Crippen LogP contribution in [0.25, 0.3) is 0 Å². The summed E-state index contributed by atoms with van der Waals surface area (Å²) in [6, 6.07) is 12.5. The van der Waals surface area contributed by atoms with Gasteiger partial charge in [-0.05, 0) is 36.2 Å². The fraction of sp³-hybridized carbons (Fsp3) is 0.200. The molecule has 0 aromatic heterocycles. The summed E-state index contributed by atoms with van der Waals surface area (Å²) in [6.07, 6.45) is 0.879. The van der Waals surface area contributed by atoms with Gasteiger partial charge in [-0.15, -0.1) is 0 Å². The molecule has 0 radical (unpaired) electrons. The van der Waals surface area contributed by atoms with Crippen LogP contribution in [-0.4, -0.2) is 5.11 Å². The molecule has 0 aliphatic rings. The molecular weight excluding hydrogens is 309 g/mol. The summed E-state index contributed by atoms with van der Waals surface area (Å²) in [7, 11) is 0. The number of rotatable bonds is 4. The smallest absolute Gasteiger partial charge is 0.166 e. The summed E-state index contributed by atoms with van der Waals surface area (Å²) in [5.41, 5.74) is 1.80. The number of benzene rings is 2. The molecule has 1 atom stereocenters. The Labute approximate surface area is 120 Å². The van der Waals surface area contributed by atoms with Crippen molar-refractivity contribution in [2.24, 2.45) is 0 Å². The van der Waals surface area contributed by atoms with Gasteiger partial charge in [0.1, 0.15) is 0 Å². The highest BCUT2D eigenvalue weighted by Crippen LogP contribution is 2.26. The van der Waals surface area contributed by atoms with Crippen LogP contribution in [0.4, 0.5) is 10.1 Å². The van der Waals surface area contributed by atoms with Gasteiger partial charge in [-0.1, -0.05) is 35.0 Å². The lowest BCUT2D eigenvalue weighted by Gasteiger charge is -2.19. The number of phenols is 1. The van der Waals surface area contributed by atoms with Crippen molar-refractivity contribution >= 4 is 21.6 Å². The third-order valence-corrected chi connectivity index (χ3v) is 3.50. The lowest BCUT2D eigenvalue weighted by molar-refractivity contribution is 0.432. The van der Waals surface area contributed by atoms with Gasteiger partial charge < -0.3 is 10.4 Å². The predicted molar refractivity (Wildman–Crippen MR) is 78.9 cm³/mol. The molecule has 0 saturated carbocycles. The average Bonchev–Trinajstić information content (AvgIpc) is 2.41. The summed E-state index contributed by atoms with van der Waals surface area (Å²) < 4.78 is 14.3. The normalized spacial score (nSPS) is 12.2. The van der Waals surface area contributed by atoms with E-state index < -0.39 is 5.82 Å². The van der Waals surface area contributed by atoms with Gasteiger partial charge in [0, 0.05) is 16.2 Å². The van der Waals surface area contributed by atoms with Crippen LogP contribution in [0.2, 0.25) is 0 Å². The number of halogens is 2. The maximum absolute atomic E-state index is 13.3. The first-order chi connectivity index (χ1) is 9.10. The molecule has 1 unspecified atom stereocenters. The van der Waals surface area contributed by atoms with E-state index in [-0.39, 0.29) is 11.8 Å². The summed E-state index contributed by atoms with van der Waals surface area (Å²) in [6.45, 7) is 2.07. The second-order valence-corrected chi connectivity index (χ2v) is 5.24. The molecule has 0 amide bonds. The molecule has 2 nitrogen and oxygen atoms in total. The van der Waals surface area contributed by atoms with Crippen molar-refractivity contribution in [2.45, 2.75) is 19.4 Å². The van der Waals surface area contributed by atoms with Gasteiger partial charge in [0.25, 0.3) is 0 Å². The zero-order valence-corrected chi connectivity index (χ0v) is 12.1. The Morgan fingerprint density at radius 1 is 1.21 bits per heavy atom. The SMILES string of the molecule is CCC(Nc1ccc(O)c(F)c1)c1ccc(Br)cc1. The van der Waals surface area contributed by atoms with Crippen LogP contribution >= 0.6 is 15.9 Å². The minimum Gasteiger partial charge on any atom is -0.505 e. The van der Waals surface area contributed by atoms with E-state index in [1.54, 1.807) is 6.07 Å². The van der Waals surface area contributed by atoms with E-state index in [0.29, 0.717) is 5.69 Å². The van der Waals surface area contributed by atoms with Crippen LogP contribution in [0.1, 0.15) is 24.9 Å². The molecule has 0 aliphatic carbocycles. The molecule has 100 valence electrons. The minimum atomic E-state index is -0.615. The number of hydrogen-bond acceptors (Lipinski definition) is 2. The molecule has 19 heavy (non-hydrogen) atoms. The van der Waals surface area contributed by atoms with E-state index in [0.717, 1.165) is 16.5 Å². The van der Waals surface area contributed by atoms with Crippen LogP contribution in [0.15, 0.2) is 46.9 Å². The first-order valence-corrected chi connectivity index (χ1v) is 6.90. The maximum atomic E-state index is 13.3. The van der Waals surface area contributed by atoms with Crippen molar-refractivity contribution in [3.8, 4) is 5.75 Å². The van der Waals surface area contributed by atoms with E-state index >= 15 is 0 Å². The highest BCUT2D eigenvalue weighted by molar-refractivity contribution is 9.10. The number of aromatic hydroxyl groups is 1. The number of anilines is 1. The molecule has 0 bridgehead atoms. The molecule has 0 heterocycles. The summed E-state index contributed by atoms with van der Waals surface area (Å²) in [4.78, 5) is 0. The molecule has 2 rings (SSSR count). The van der Waals surface area contributed by atoms with Crippen molar-refractivity contribution in [3.05, 3.63) is 58.3 Å². The summed E-state index contributed by atoms with van der Waals surface area (Å²) in [5, 5.41) is 12.4. The highest BCUT2D eigenvalue weighted by Gasteiger charge is 2.10. The average molecular weight is 324 g/mol. The van der Waals surface area contributed by atoms with Crippen LogP contribution in [0.5, 0.6) is 5.75 Å². The highest BCUT2D eigenvalue weighted by atomic mass is 79.9. The molecule has 2 N–H and O–H groups in total. The van der Waals surface area contributed by atoms with Gasteiger partial charge in [-0.3, -0.25) is 0 Å². The lowest BCUT2D eigenvalue weighted by Crippen LogP contribution is -2.09. The van der Waals surface area contributed by atoms with Gasteiger partial charge in [0.05, 0.1) is 6.04 Å². The van der Waals surface area contributed by atoms with Gasteiger partial charge >= 0.3 is 0 Å². The second-order valence-electron chi connectivity index (χ2n) is 4.32. The number of phenolic OH excluding ortho intramolecular Hbond substituents is 1. The van der Waals surface area contributed by atoms with Crippen LogP contribution in [0, 0.1) is 5.82 Å². The molecular formula is C15H15BrFNO. The van der Waals surface area contributed by atoms with E-state index in [4.69, 9.17) is 0 Å². The quantitative estimate of drug-likeness (QED) is 0.788. The molecule has 0 saturated heterocycles. The van der Waals surface area contributed by atoms with Crippen molar-refractivity contribution < 1.29 is 9.50 Å². The third kappa shape index (κ3) is 3.47. The Bertz CT molecular complexity index is 557. The van der Waals surface area contributed by atoms with Crippen LogP contribution in [0.3, 0.4) is 0 Å². The topological polar surface area (TPSA) is 32.3 Å². The van der Waals surface area contributed by atoms with Crippen molar-refractivity contribution in [3.63, 3.8) is 0 Å². The fourth-order valence-electron chi connectivity index (χ4n) is 1.91. The van der Waals surface area contributed by atoms with Gasteiger partial charge in [-0.25, -0.2) is 4.39 Å². The van der Waals surface area contributed by atoms with Gasteiger partial charge in [-0.2, -0.15) is 0 Å². The summed E-state index contributed by atoms with van der Waals surface area (Å²) >= 11 is 3.40. The predicted octanol–water partition coefficient (Wildman–Crippen LogP) is 4.86. The third-order valence-electron chi connectivity index (χ3n) is 2.97. The van der Waals surface area contributed by atoms with E-state index in [1.165, 1.54) is 12.1 Å².